The molecule has 0 bridgehead atoms. The second-order valence-corrected chi connectivity index (χ2v) is 5.68. The van der Waals surface area contributed by atoms with Crippen molar-refractivity contribution in [2.24, 2.45) is 11.7 Å². The second-order valence-electron chi connectivity index (χ2n) is 4.56. The Kier molecular flexibility index (Phi) is 2.10. The SMILES string of the molecule is N[C@H](CC1CC1)c1nc2c(s1)CCC2. The molecule has 0 unspecified atom stereocenters. The molecule has 0 spiro atoms. The van der Waals surface area contributed by atoms with E-state index in [9.17, 15) is 0 Å². The van der Waals surface area contributed by atoms with Gasteiger partial charge in [-0.1, -0.05) is 12.8 Å². The summed E-state index contributed by atoms with van der Waals surface area (Å²) in [4.78, 5) is 6.17. The maximum Gasteiger partial charge on any atom is 0.110 e. The maximum absolute atomic E-state index is 6.14. The molecule has 3 heteroatoms. The molecule has 14 heavy (non-hydrogen) atoms. The van der Waals surface area contributed by atoms with Crippen LogP contribution in [0.4, 0.5) is 0 Å². The molecule has 1 aromatic heterocycles. The number of nitrogens with zero attached hydrogens (tertiary/aromatic N) is 1. The van der Waals surface area contributed by atoms with Crippen molar-refractivity contribution in [3.63, 3.8) is 0 Å². The van der Waals surface area contributed by atoms with E-state index in [1.54, 1.807) is 0 Å². The molecular formula is C11H16N2S. The number of nitrogens with two attached hydrogens (primary N) is 1. The zero-order valence-electron chi connectivity index (χ0n) is 8.33. The van der Waals surface area contributed by atoms with Crippen LogP contribution in [0, 0.1) is 5.92 Å². The zero-order valence-corrected chi connectivity index (χ0v) is 9.15. The van der Waals surface area contributed by atoms with E-state index in [0.717, 1.165) is 12.3 Å². The Balaban J connectivity index is 1.75. The minimum Gasteiger partial charge on any atom is -0.322 e. The first-order valence-corrected chi connectivity index (χ1v) is 6.38. The monoisotopic (exact) mass is 208 g/mol. The largest absolute Gasteiger partial charge is 0.322 e. The molecule has 0 aromatic carbocycles. The number of aryl methyl sites for hydroxylation is 2. The zero-order chi connectivity index (χ0) is 9.54. The van der Waals surface area contributed by atoms with Crippen LogP contribution in [0.2, 0.25) is 0 Å². The number of fused-ring (bicyclic) bond motifs is 1. The van der Waals surface area contributed by atoms with Crippen LogP contribution in [0.3, 0.4) is 0 Å². The van der Waals surface area contributed by atoms with Crippen molar-refractivity contribution in [2.75, 3.05) is 0 Å². The van der Waals surface area contributed by atoms with Crippen molar-refractivity contribution in [3.05, 3.63) is 15.6 Å². The summed E-state index contributed by atoms with van der Waals surface area (Å²) in [6.07, 6.45) is 7.65. The van der Waals surface area contributed by atoms with Gasteiger partial charge in [0.05, 0.1) is 11.7 Å². The molecule has 1 saturated carbocycles. The van der Waals surface area contributed by atoms with Crippen molar-refractivity contribution in [3.8, 4) is 0 Å². The topological polar surface area (TPSA) is 38.9 Å². The van der Waals surface area contributed by atoms with E-state index < -0.39 is 0 Å². The third-order valence-electron chi connectivity index (χ3n) is 3.21. The Morgan fingerprint density at radius 3 is 3.00 bits per heavy atom. The van der Waals surface area contributed by atoms with E-state index in [1.165, 1.54) is 47.7 Å². The lowest BCUT2D eigenvalue weighted by Gasteiger charge is -2.06. The van der Waals surface area contributed by atoms with Crippen LogP contribution in [0.5, 0.6) is 0 Å². The first-order valence-electron chi connectivity index (χ1n) is 5.57. The van der Waals surface area contributed by atoms with Gasteiger partial charge in [0, 0.05) is 4.88 Å². The average molecular weight is 208 g/mol. The fourth-order valence-electron chi connectivity index (χ4n) is 2.18. The summed E-state index contributed by atoms with van der Waals surface area (Å²) in [5.74, 6) is 0.906. The van der Waals surface area contributed by atoms with Gasteiger partial charge in [-0.3, -0.25) is 0 Å². The summed E-state index contributed by atoms with van der Waals surface area (Å²) < 4.78 is 0. The molecule has 76 valence electrons. The molecule has 2 aliphatic carbocycles. The summed E-state index contributed by atoms with van der Waals surface area (Å²) in [7, 11) is 0. The first kappa shape index (κ1) is 8.86. The van der Waals surface area contributed by atoms with Crippen molar-refractivity contribution in [2.45, 2.75) is 44.6 Å². The Hall–Kier alpha value is -0.410. The number of aromatic nitrogens is 1. The normalized spacial score (nSPS) is 22.4. The van der Waals surface area contributed by atoms with Crippen LogP contribution in [-0.2, 0) is 12.8 Å². The van der Waals surface area contributed by atoms with E-state index >= 15 is 0 Å². The van der Waals surface area contributed by atoms with Gasteiger partial charge in [0.2, 0.25) is 0 Å². The van der Waals surface area contributed by atoms with Gasteiger partial charge in [-0.25, -0.2) is 4.98 Å². The predicted octanol–water partition coefficient (Wildman–Crippen LogP) is 2.43. The molecule has 2 N–H and O–H groups in total. The summed E-state index contributed by atoms with van der Waals surface area (Å²) in [5.41, 5.74) is 7.49. The van der Waals surface area contributed by atoms with Gasteiger partial charge in [-0.2, -0.15) is 0 Å². The van der Waals surface area contributed by atoms with Gasteiger partial charge < -0.3 is 5.73 Å². The molecule has 1 atom stereocenters. The van der Waals surface area contributed by atoms with Crippen LogP contribution in [0.25, 0.3) is 0 Å². The van der Waals surface area contributed by atoms with Gasteiger partial charge in [0.1, 0.15) is 5.01 Å². The number of rotatable bonds is 3. The Morgan fingerprint density at radius 1 is 1.43 bits per heavy atom. The number of hydrogen-bond acceptors (Lipinski definition) is 3. The molecule has 1 fully saturated rings. The van der Waals surface area contributed by atoms with E-state index in [1.807, 2.05) is 11.3 Å². The Morgan fingerprint density at radius 2 is 2.29 bits per heavy atom. The molecule has 1 aromatic rings. The standard InChI is InChI=1S/C11H16N2S/c12-8(6-7-4-5-7)11-13-9-2-1-3-10(9)14-11/h7-8H,1-6,12H2/t8-/m1/s1. The van der Waals surface area contributed by atoms with Gasteiger partial charge in [-0.15, -0.1) is 11.3 Å². The van der Waals surface area contributed by atoms with Crippen molar-refractivity contribution >= 4 is 11.3 Å². The molecule has 0 aliphatic heterocycles. The van der Waals surface area contributed by atoms with Crippen molar-refractivity contribution in [1.82, 2.24) is 4.98 Å². The summed E-state index contributed by atoms with van der Waals surface area (Å²) in [6, 6.07) is 0.220. The lowest BCUT2D eigenvalue weighted by molar-refractivity contribution is 0.592. The van der Waals surface area contributed by atoms with Crippen LogP contribution in [-0.4, -0.2) is 4.98 Å². The molecule has 2 nitrogen and oxygen atoms in total. The third kappa shape index (κ3) is 1.59. The average Bonchev–Trinajstić information content (AvgIpc) is 2.73. The highest BCUT2D eigenvalue weighted by Crippen LogP contribution is 2.38. The molecule has 2 aliphatic rings. The van der Waals surface area contributed by atoms with Crippen molar-refractivity contribution < 1.29 is 0 Å². The highest BCUT2D eigenvalue weighted by molar-refractivity contribution is 7.11. The molecule has 1 heterocycles. The van der Waals surface area contributed by atoms with Gasteiger partial charge in [0.25, 0.3) is 0 Å². The molecule has 0 amide bonds. The lowest BCUT2D eigenvalue weighted by atomic mass is 10.1. The van der Waals surface area contributed by atoms with Crippen LogP contribution < -0.4 is 5.73 Å². The van der Waals surface area contributed by atoms with Gasteiger partial charge in [0.15, 0.2) is 0 Å². The fourth-order valence-corrected chi connectivity index (χ4v) is 3.35. The van der Waals surface area contributed by atoms with Crippen molar-refractivity contribution in [1.29, 1.82) is 0 Å². The van der Waals surface area contributed by atoms with Gasteiger partial charge >= 0.3 is 0 Å². The molecule has 0 saturated heterocycles. The van der Waals surface area contributed by atoms with Crippen LogP contribution >= 0.6 is 11.3 Å². The van der Waals surface area contributed by atoms with E-state index in [4.69, 9.17) is 5.73 Å². The maximum atomic E-state index is 6.14. The fraction of sp³-hybridized carbons (Fsp3) is 0.727. The van der Waals surface area contributed by atoms with E-state index in [0.29, 0.717) is 0 Å². The second kappa shape index (κ2) is 3.31. The minimum absolute atomic E-state index is 0.220. The quantitative estimate of drug-likeness (QED) is 0.828. The number of thiazole rings is 1. The summed E-state index contributed by atoms with van der Waals surface area (Å²) in [5, 5.41) is 1.20. The van der Waals surface area contributed by atoms with Gasteiger partial charge in [-0.05, 0) is 31.6 Å². The molecular weight excluding hydrogens is 192 g/mol. The lowest BCUT2D eigenvalue weighted by Crippen LogP contribution is -2.10. The Labute approximate surface area is 88.5 Å². The first-order chi connectivity index (χ1) is 6.83. The summed E-state index contributed by atoms with van der Waals surface area (Å²) in [6.45, 7) is 0. The smallest absolute Gasteiger partial charge is 0.110 e. The Bertz CT molecular complexity index is 320. The number of hydrogen-bond donors (Lipinski definition) is 1. The predicted molar refractivity (Wildman–Crippen MR) is 58.4 cm³/mol. The highest BCUT2D eigenvalue weighted by Gasteiger charge is 2.27. The van der Waals surface area contributed by atoms with Crippen LogP contribution in [0.1, 0.15) is 47.3 Å². The highest BCUT2D eigenvalue weighted by atomic mass is 32.1. The van der Waals surface area contributed by atoms with E-state index in [2.05, 4.69) is 4.98 Å². The third-order valence-corrected chi connectivity index (χ3v) is 4.50. The molecule has 3 rings (SSSR count). The molecule has 0 radical (unpaired) electrons. The van der Waals surface area contributed by atoms with Crippen LogP contribution in [0.15, 0.2) is 0 Å². The minimum atomic E-state index is 0.220. The summed E-state index contributed by atoms with van der Waals surface area (Å²) >= 11 is 1.86. The van der Waals surface area contributed by atoms with E-state index in [-0.39, 0.29) is 6.04 Å².